The maximum Gasteiger partial charge on any atom is 0.135 e. The first kappa shape index (κ1) is 5.90. The van der Waals surface area contributed by atoms with E-state index in [1.807, 2.05) is 19.3 Å². The van der Waals surface area contributed by atoms with Gasteiger partial charge in [0.25, 0.3) is 0 Å². The van der Waals surface area contributed by atoms with Crippen LogP contribution in [0.1, 0.15) is 12.6 Å². The summed E-state index contributed by atoms with van der Waals surface area (Å²) in [6.45, 7) is 1.80. The highest BCUT2D eigenvalue weighted by Crippen LogP contribution is 1.88. The molecule has 0 N–H and O–H groups in total. The molecule has 0 aliphatic carbocycles. The van der Waals surface area contributed by atoms with Crippen molar-refractivity contribution in [1.82, 2.24) is 9.78 Å². The number of aryl methyl sites for hydroxylation is 1. The molecule has 0 aromatic carbocycles. The van der Waals surface area contributed by atoms with Gasteiger partial charge >= 0.3 is 0 Å². The summed E-state index contributed by atoms with van der Waals surface area (Å²) in [5.41, 5.74) is 0.833. The molecular weight excluding hydrogens is 112 g/mol. The lowest BCUT2D eigenvalue weighted by molar-refractivity contribution is 0.764. The molecule has 0 unspecified atom stereocenters. The Balaban J connectivity index is 2.93. The summed E-state index contributed by atoms with van der Waals surface area (Å²) in [5.74, 6) is 5.62. The zero-order valence-electron chi connectivity index (χ0n) is 5.55. The van der Waals surface area contributed by atoms with Crippen LogP contribution in [-0.4, -0.2) is 9.78 Å². The largest absolute Gasteiger partial charge is 0.275 e. The Morgan fingerprint density at radius 2 is 2.44 bits per heavy atom. The van der Waals surface area contributed by atoms with E-state index in [1.165, 1.54) is 0 Å². The Labute approximate surface area is 54.5 Å². The highest BCUT2D eigenvalue weighted by atomic mass is 15.2. The Hall–Kier alpha value is -1.23. The summed E-state index contributed by atoms with van der Waals surface area (Å²) in [6.07, 6.45) is 1.87. The second-order valence-electron chi connectivity index (χ2n) is 1.75. The van der Waals surface area contributed by atoms with Crippen LogP contribution < -0.4 is 0 Å². The van der Waals surface area contributed by atoms with Crippen molar-refractivity contribution in [2.45, 2.75) is 6.92 Å². The molecule has 0 aliphatic heterocycles. The minimum atomic E-state index is 0.833. The first-order valence-corrected chi connectivity index (χ1v) is 2.75. The standard InChI is InChI=1S/C7H8N2/c1-3-4-7-5-6-9(2)8-7/h5-6H,1-2H3. The molecule has 0 saturated heterocycles. The zero-order valence-corrected chi connectivity index (χ0v) is 5.55. The Morgan fingerprint density at radius 3 is 2.89 bits per heavy atom. The van der Waals surface area contributed by atoms with E-state index >= 15 is 0 Å². The summed E-state index contributed by atoms with van der Waals surface area (Å²) in [4.78, 5) is 0. The number of rotatable bonds is 0. The van der Waals surface area contributed by atoms with Crippen molar-refractivity contribution >= 4 is 0 Å². The smallest absolute Gasteiger partial charge is 0.135 e. The molecule has 0 atom stereocenters. The molecule has 0 fully saturated rings. The van der Waals surface area contributed by atoms with Gasteiger partial charge in [-0.05, 0) is 18.9 Å². The Bertz CT molecular complexity index is 249. The SMILES string of the molecule is CC#Cc1ccn(C)n1. The third kappa shape index (κ3) is 1.33. The fourth-order valence-electron chi connectivity index (χ4n) is 0.610. The van der Waals surface area contributed by atoms with Crippen molar-refractivity contribution in [3.8, 4) is 11.8 Å². The summed E-state index contributed by atoms with van der Waals surface area (Å²) >= 11 is 0. The predicted molar refractivity (Wildman–Crippen MR) is 35.8 cm³/mol. The lowest BCUT2D eigenvalue weighted by Gasteiger charge is -1.80. The lowest BCUT2D eigenvalue weighted by atomic mass is 10.4. The molecule has 0 saturated carbocycles. The highest BCUT2D eigenvalue weighted by Gasteiger charge is 1.86. The van der Waals surface area contributed by atoms with Gasteiger partial charge in [-0.2, -0.15) is 5.10 Å². The summed E-state index contributed by atoms with van der Waals surface area (Å²) in [5, 5.41) is 4.04. The molecule has 1 heterocycles. The van der Waals surface area contributed by atoms with Gasteiger partial charge in [-0.3, -0.25) is 4.68 Å². The maximum atomic E-state index is 4.04. The van der Waals surface area contributed by atoms with Crippen LogP contribution in [0.3, 0.4) is 0 Å². The second kappa shape index (κ2) is 2.36. The Morgan fingerprint density at radius 1 is 1.67 bits per heavy atom. The lowest BCUT2D eigenvalue weighted by Crippen LogP contribution is -1.86. The van der Waals surface area contributed by atoms with E-state index in [2.05, 4.69) is 16.9 Å². The van der Waals surface area contributed by atoms with Crippen molar-refractivity contribution in [1.29, 1.82) is 0 Å². The number of aromatic nitrogens is 2. The van der Waals surface area contributed by atoms with E-state index in [4.69, 9.17) is 0 Å². The molecule has 0 aliphatic rings. The van der Waals surface area contributed by atoms with Crippen LogP contribution >= 0.6 is 0 Å². The van der Waals surface area contributed by atoms with Gasteiger partial charge in [0.1, 0.15) is 5.69 Å². The third-order valence-corrected chi connectivity index (χ3v) is 0.967. The molecule has 0 bridgehead atoms. The minimum Gasteiger partial charge on any atom is -0.275 e. The van der Waals surface area contributed by atoms with Crippen LogP contribution in [0.5, 0.6) is 0 Å². The monoisotopic (exact) mass is 120 g/mol. The van der Waals surface area contributed by atoms with Crippen LogP contribution in [0.2, 0.25) is 0 Å². The van der Waals surface area contributed by atoms with E-state index in [1.54, 1.807) is 11.6 Å². The number of hydrogen-bond donors (Lipinski definition) is 0. The number of hydrogen-bond acceptors (Lipinski definition) is 1. The molecule has 1 aromatic rings. The van der Waals surface area contributed by atoms with Gasteiger partial charge in [0, 0.05) is 13.2 Å². The topological polar surface area (TPSA) is 17.8 Å². The van der Waals surface area contributed by atoms with E-state index in [-0.39, 0.29) is 0 Å². The van der Waals surface area contributed by atoms with Gasteiger partial charge in [0.15, 0.2) is 0 Å². The van der Waals surface area contributed by atoms with Crippen LogP contribution in [0.25, 0.3) is 0 Å². The molecule has 0 radical (unpaired) electrons. The molecule has 0 spiro atoms. The van der Waals surface area contributed by atoms with Crippen molar-refractivity contribution in [3.63, 3.8) is 0 Å². The molecule has 0 amide bonds. The van der Waals surface area contributed by atoms with Crippen LogP contribution in [-0.2, 0) is 7.05 Å². The van der Waals surface area contributed by atoms with Crippen LogP contribution in [0.4, 0.5) is 0 Å². The van der Waals surface area contributed by atoms with E-state index < -0.39 is 0 Å². The van der Waals surface area contributed by atoms with E-state index in [9.17, 15) is 0 Å². The molecule has 2 nitrogen and oxygen atoms in total. The van der Waals surface area contributed by atoms with Crippen molar-refractivity contribution in [3.05, 3.63) is 18.0 Å². The first-order valence-electron chi connectivity index (χ1n) is 2.75. The fraction of sp³-hybridized carbons (Fsp3) is 0.286. The van der Waals surface area contributed by atoms with Gasteiger partial charge < -0.3 is 0 Å². The van der Waals surface area contributed by atoms with Gasteiger partial charge in [0.05, 0.1) is 0 Å². The normalized spacial score (nSPS) is 8.22. The molecular formula is C7H8N2. The summed E-state index contributed by atoms with van der Waals surface area (Å²) in [6, 6.07) is 1.89. The van der Waals surface area contributed by atoms with E-state index in [0.717, 1.165) is 5.69 Å². The summed E-state index contributed by atoms with van der Waals surface area (Å²) in [7, 11) is 1.88. The van der Waals surface area contributed by atoms with Crippen molar-refractivity contribution in [2.24, 2.45) is 7.05 Å². The molecule has 9 heavy (non-hydrogen) atoms. The maximum absolute atomic E-state index is 4.04. The van der Waals surface area contributed by atoms with Gasteiger partial charge in [0.2, 0.25) is 0 Å². The van der Waals surface area contributed by atoms with Crippen LogP contribution in [0, 0.1) is 11.8 Å². The number of nitrogens with zero attached hydrogens (tertiary/aromatic N) is 2. The fourth-order valence-corrected chi connectivity index (χ4v) is 0.610. The van der Waals surface area contributed by atoms with Crippen molar-refractivity contribution < 1.29 is 0 Å². The highest BCUT2D eigenvalue weighted by molar-refractivity contribution is 5.24. The zero-order chi connectivity index (χ0) is 6.69. The molecule has 2 heteroatoms. The summed E-state index contributed by atoms with van der Waals surface area (Å²) < 4.78 is 1.74. The van der Waals surface area contributed by atoms with Crippen molar-refractivity contribution in [2.75, 3.05) is 0 Å². The minimum absolute atomic E-state index is 0.833. The quantitative estimate of drug-likeness (QED) is 0.463. The van der Waals surface area contributed by atoms with Gasteiger partial charge in [-0.15, -0.1) is 0 Å². The van der Waals surface area contributed by atoms with Gasteiger partial charge in [-0.1, -0.05) is 5.92 Å². The molecule has 1 rings (SSSR count). The third-order valence-electron chi connectivity index (χ3n) is 0.967. The average Bonchev–Trinajstić information content (AvgIpc) is 2.17. The van der Waals surface area contributed by atoms with Crippen LogP contribution in [0.15, 0.2) is 12.3 Å². The second-order valence-corrected chi connectivity index (χ2v) is 1.75. The van der Waals surface area contributed by atoms with Gasteiger partial charge in [-0.25, -0.2) is 0 Å². The molecule has 46 valence electrons. The van der Waals surface area contributed by atoms with E-state index in [0.29, 0.717) is 0 Å². The molecule has 1 aromatic heterocycles. The predicted octanol–water partition coefficient (Wildman–Crippen LogP) is 0.791. The first-order chi connectivity index (χ1) is 4.33. The Kier molecular flexibility index (Phi) is 1.55. The average molecular weight is 120 g/mol.